The van der Waals surface area contributed by atoms with E-state index in [1.54, 1.807) is 6.07 Å². The third kappa shape index (κ3) is 3.85. The molecule has 0 aliphatic carbocycles. The number of benzene rings is 2. The van der Waals surface area contributed by atoms with Crippen molar-refractivity contribution in [1.82, 2.24) is 0 Å². The topological polar surface area (TPSA) is 20.2 Å². The third-order valence-corrected chi connectivity index (χ3v) is 3.55. The Kier molecular flexibility index (Phi) is 5.02. The maximum atomic E-state index is 10.1. The molecule has 0 unspecified atom stereocenters. The molecule has 0 amide bonds. The summed E-state index contributed by atoms with van der Waals surface area (Å²) in [6.45, 7) is 2.20. The van der Waals surface area contributed by atoms with Crippen molar-refractivity contribution in [3.8, 4) is 5.75 Å². The van der Waals surface area contributed by atoms with Crippen LogP contribution in [0.5, 0.6) is 5.75 Å². The molecule has 0 spiro atoms. The SMILES string of the molecule is CCCCc1cccc(O)c1CCc1ccccc1. The van der Waals surface area contributed by atoms with Gasteiger partial charge in [-0.15, -0.1) is 0 Å². The summed E-state index contributed by atoms with van der Waals surface area (Å²) in [4.78, 5) is 0. The number of unbranched alkanes of at least 4 members (excludes halogenated alkanes) is 1. The lowest BCUT2D eigenvalue weighted by molar-refractivity contribution is 0.466. The Morgan fingerprint density at radius 2 is 1.63 bits per heavy atom. The van der Waals surface area contributed by atoms with Crippen LogP contribution in [0.25, 0.3) is 0 Å². The molecule has 0 saturated heterocycles. The van der Waals surface area contributed by atoms with E-state index in [0.29, 0.717) is 5.75 Å². The zero-order valence-electron chi connectivity index (χ0n) is 11.6. The molecule has 0 aliphatic heterocycles. The summed E-state index contributed by atoms with van der Waals surface area (Å²) < 4.78 is 0. The van der Waals surface area contributed by atoms with Crippen LogP contribution in [0, 0.1) is 0 Å². The Hall–Kier alpha value is -1.76. The van der Waals surface area contributed by atoms with Gasteiger partial charge >= 0.3 is 0 Å². The molecular weight excluding hydrogens is 232 g/mol. The summed E-state index contributed by atoms with van der Waals surface area (Å²) in [7, 11) is 0. The van der Waals surface area contributed by atoms with Gasteiger partial charge in [0.05, 0.1) is 0 Å². The van der Waals surface area contributed by atoms with Crippen molar-refractivity contribution < 1.29 is 5.11 Å². The van der Waals surface area contributed by atoms with Crippen LogP contribution in [0.1, 0.15) is 36.5 Å². The highest BCUT2D eigenvalue weighted by Gasteiger charge is 2.07. The van der Waals surface area contributed by atoms with Gasteiger partial charge in [0.25, 0.3) is 0 Å². The summed E-state index contributed by atoms with van der Waals surface area (Å²) in [6, 6.07) is 16.4. The molecule has 2 rings (SSSR count). The highest BCUT2D eigenvalue weighted by Crippen LogP contribution is 2.24. The first-order valence-corrected chi connectivity index (χ1v) is 7.15. The van der Waals surface area contributed by atoms with Crippen LogP contribution < -0.4 is 0 Å². The second kappa shape index (κ2) is 6.98. The van der Waals surface area contributed by atoms with Gasteiger partial charge in [-0.3, -0.25) is 0 Å². The number of phenolic OH excluding ortho intramolecular Hbond substituents is 1. The standard InChI is InChI=1S/C18H22O/c1-2-3-10-16-11-7-12-18(19)17(16)14-13-15-8-5-4-6-9-15/h4-9,11-12,19H,2-3,10,13-14H2,1H3. The van der Waals surface area contributed by atoms with Crippen molar-refractivity contribution >= 4 is 0 Å². The molecule has 0 saturated carbocycles. The molecule has 0 bridgehead atoms. The Labute approximate surface area is 115 Å². The number of hydrogen-bond donors (Lipinski definition) is 1. The first-order valence-electron chi connectivity index (χ1n) is 7.15. The molecule has 2 aromatic rings. The van der Waals surface area contributed by atoms with Crippen LogP contribution in [0.3, 0.4) is 0 Å². The van der Waals surface area contributed by atoms with E-state index in [1.165, 1.54) is 24.0 Å². The largest absolute Gasteiger partial charge is 0.508 e. The van der Waals surface area contributed by atoms with E-state index in [0.717, 1.165) is 24.8 Å². The number of hydrogen-bond acceptors (Lipinski definition) is 1. The van der Waals surface area contributed by atoms with Gasteiger partial charge in [0, 0.05) is 0 Å². The Balaban J connectivity index is 2.10. The number of rotatable bonds is 6. The first kappa shape index (κ1) is 13.7. The van der Waals surface area contributed by atoms with Crippen LogP contribution in [0.4, 0.5) is 0 Å². The lowest BCUT2D eigenvalue weighted by Crippen LogP contribution is -1.98. The van der Waals surface area contributed by atoms with Crippen molar-refractivity contribution in [1.29, 1.82) is 0 Å². The maximum Gasteiger partial charge on any atom is 0.119 e. The summed E-state index contributed by atoms with van der Waals surface area (Å²) in [5.41, 5.74) is 3.75. The minimum absolute atomic E-state index is 0.449. The molecule has 0 atom stereocenters. The van der Waals surface area contributed by atoms with Crippen LogP contribution in [0.2, 0.25) is 0 Å². The molecule has 2 aromatic carbocycles. The van der Waals surface area contributed by atoms with Gasteiger partial charge in [-0.2, -0.15) is 0 Å². The molecule has 0 fully saturated rings. The van der Waals surface area contributed by atoms with Gasteiger partial charge in [-0.05, 0) is 48.4 Å². The number of aromatic hydroxyl groups is 1. The predicted octanol–water partition coefficient (Wildman–Crippen LogP) is 4.52. The van der Waals surface area contributed by atoms with Crippen molar-refractivity contribution in [2.45, 2.75) is 39.0 Å². The second-order valence-electron chi connectivity index (χ2n) is 5.00. The van der Waals surface area contributed by atoms with E-state index in [4.69, 9.17) is 0 Å². The minimum Gasteiger partial charge on any atom is -0.508 e. The lowest BCUT2D eigenvalue weighted by atomic mass is 9.96. The number of aryl methyl sites for hydroxylation is 2. The van der Waals surface area contributed by atoms with Crippen LogP contribution in [-0.2, 0) is 19.3 Å². The first-order chi connectivity index (χ1) is 9.31. The molecule has 1 heteroatoms. The van der Waals surface area contributed by atoms with E-state index in [2.05, 4.69) is 37.3 Å². The Morgan fingerprint density at radius 1 is 0.842 bits per heavy atom. The highest BCUT2D eigenvalue weighted by atomic mass is 16.3. The molecular formula is C18H22O. The van der Waals surface area contributed by atoms with Crippen LogP contribution in [0.15, 0.2) is 48.5 Å². The van der Waals surface area contributed by atoms with Gasteiger partial charge in [0.2, 0.25) is 0 Å². The molecule has 1 nitrogen and oxygen atoms in total. The van der Waals surface area contributed by atoms with Gasteiger partial charge in [-0.25, -0.2) is 0 Å². The van der Waals surface area contributed by atoms with Gasteiger partial charge < -0.3 is 5.11 Å². The average molecular weight is 254 g/mol. The zero-order chi connectivity index (χ0) is 13.5. The van der Waals surface area contributed by atoms with E-state index in [-0.39, 0.29) is 0 Å². The highest BCUT2D eigenvalue weighted by molar-refractivity contribution is 5.40. The summed E-state index contributed by atoms with van der Waals surface area (Å²) in [6.07, 6.45) is 5.33. The molecule has 1 N–H and O–H groups in total. The molecule has 0 radical (unpaired) electrons. The van der Waals surface area contributed by atoms with Crippen LogP contribution in [-0.4, -0.2) is 5.11 Å². The predicted molar refractivity (Wildman–Crippen MR) is 80.6 cm³/mol. The van der Waals surface area contributed by atoms with Crippen molar-refractivity contribution in [3.05, 3.63) is 65.2 Å². The van der Waals surface area contributed by atoms with E-state index in [1.807, 2.05) is 12.1 Å². The Morgan fingerprint density at radius 3 is 2.37 bits per heavy atom. The van der Waals surface area contributed by atoms with Crippen LogP contribution >= 0.6 is 0 Å². The quantitative estimate of drug-likeness (QED) is 0.803. The summed E-state index contributed by atoms with van der Waals surface area (Å²) in [5.74, 6) is 0.449. The Bertz CT molecular complexity index is 502. The average Bonchev–Trinajstić information content (AvgIpc) is 2.45. The molecule has 100 valence electrons. The summed E-state index contributed by atoms with van der Waals surface area (Å²) >= 11 is 0. The fraction of sp³-hybridized carbons (Fsp3) is 0.333. The molecule has 0 heterocycles. The van der Waals surface area contributed by atoms with E-state index in [9.17, 15) is 5.11 Å². The molecule has 19 heavy (non-hydrogen) atoms. The fourth-order valence-electron chi connectivity index (χ4n) is 2.43. The molecule has 0 aliphatic rings. The normalized spacial score (nSPS) is 10.6. The molecule has 0 aromatic heterocycles. The van der Waals surface area contributed by atoms with Crippen molar-refractivity contribution in [2.75, 3.05) is 0 Å². The summed E-state index contributed by atoms with van der Waals surface area (Å²) in [5, 5.41) is 10.1. The van der Waals surface area contributed by atoms with Gasteiger partial charge in [0.15, 0.2) is 0 Å². The fourth-order valence-corrected chi connectivity index (χ4v) is 2.43. The van der Waals surface area contributed by atoms with Crippen molar-refractivity contribution in [3.63, 3.8) is 0 Å². The van der Waals surface area contributed by atoms with E-state index >= 15 is 0 Å². The van der Waals surface area contributed by atoms with Crippen molar-refractivity contribution in [2.24, 2.45) is 0 Å². The lowest BCUT2D eigenvalue weighted by Gasteiger charge is -2.11. The maximum absolute atomic E-state index is 10.1. The third-order valence-electron chi connectivity index (χ3n) is 3.55. The zero-order valence-corrected chi connectivity index (χ0v) is 11.6. The van der Waals surface area contributed by atoms with Gasteiger partial charge in [-0.1, -0.05) is 55.8 Å². The second-order valence-corrected chi connectivity index (χ2v) is 5.00. The smallest absolute Gasteiger partial charge is 0.119 e. The van der Waals surface area contributed by atoms with E-state index < -0.39 is 0 Å². The number of phenols is 1. The monoisotopic (exact) mass is 254 g/mol. The van der Waals surface area contributed by atoms with Gasteiger partial charge in [0.1, 0.15) is 5.75 Å². The minimum atomic E-state index is 0.449.